The minimum absolute atomic E-state index is 0.136. The molecular formula is C18H32N2. The molecule has 0 radical (unpaired) electrons. The van der Waals surface area contributed by atoms with Gasteiger partial charge in [0.05, 0.1) is 6.04 Å². The molecule has 2 nitrogen and oxygen atoms in total. The van der Waals surface area contributed by atoms with Crippen LogP contribution in [-0.4, -0.2) is 30.6 Å². The van der Waals surface area contributed by atoms with Gasteiger partial charge in [-0.2, -0.15) is 0 Å². The van der Waals surface area contributed by atoms with Gasteiger partial charge in [0.25, 0.3) is 0 Å². The summed E-state index contributed by atoms with van der Waals surface area (Å²) < 4.78 is 0. The molecule has 2 atom stereocenters. The van der Waals surface area contributed by atoms with Crippen molar-refractivity contribution in [3.63, 3.8) is 0 Å². The van der Waals surface area contributed by atoms with Gasteiger partial charge in [0.15, 0.2) is 0 Å². The number of hydrogen-bond acceptors (Lipinski definition) is 2. The molecule has 114 valence electrons. The highest BCUT2D eigenvalue weighted by atomic mass is 15.2. The Labute approximate surface area is 125 Å². The highest BCUT2D eigenvalue weighted by molar-refractivity contribution is 5.35. The molecule has 2 heteroatoms. The maximum absolute atomic E-state index is 3.59. The predicted octanol–water partition coefficient (Wildman–Crippen LogP) is 4.07. The molecule has 0 heterocycles. The zero-order valence-electron chi connectivity index (χ0n) is 14.4. The molecular weight excluding hydrogens is 244 g/mol. The van der Waals surface area contributed by atoms with Gasteiger partial charge < -0.3 is 5.32 Å². The van der Waals surface area contributed by atoms with Crippen LogP contribution >= 0.6 is 0 Å². The van der Waals surface area contributed by atoms with Crippen molar-refractivity contribution in [1.29, 1.82) is 0 Å². The average molecular weight is 276 g/mol. The van der Waals surface area contributed by atoms with E-state index in [0.29, 0.717) is 6.04 Å². The summed E-state index contributed by atoms with van der Waals surface area (Å²) in [5.74, 6) is 0. The van der Waals surface area contributed by atoms with Crippen LogP contribution in [-0.2, 0) is 0 Å². The fourth-order valence-corrected chi connectivity index (χ4v) is 3.43. The van der Waals surface area contributed by atoms with E-state index in [4.69, 9.17) is 0 Å². The van der Waals surface area contributed by atoms with Gasteiger partial charge in [-0.05, 0) is 58.5 Å². The first-order chi connectivity index (χ1) is 9.44. The lowest BCUT2D eigenvalue weighted by atomic mass is 9.81. The molecule has 0 aliphatic carbocycles. The van der Waals surface area contributed by atoms with Crippen LogP contribution in [0.1, 0.15) is 56.8 Å². The van der Waals surface area contributed by atoms with E-state index < -0.39 is 0 Å². The van der Waals surface area contributed by atoms with Gasteiger partial charge in [0, 0.05) is 5.54 Å². The Bertz CT molecular complexity index is 423. The largest absolute Gasteiger partial charge is 0.311 e. The lowest BCUT2D eigenvalue weighted by molar-refractivity contribution is 0.0726. The van der Waals surface area contributed by atoms with Crippen LogP contribution in [0.3, 0.4) is 0 Å². The molecule has 0 aliphatic rings. The van der Waals surface area contributed by atoms with E-state index in [0.717, 1.165) is 19.5 Å². The van der Waals surface area contributed by atoms with Crippen molar-refractivity contribution in [2.24, 2.45) is 0 Å². The van der Waals surface area contributed by atoms with Gasteiger partial charge in [0.1, 0.15) is 0 Å². The molecule has 0 fully saturated rings. The van der Waals surface area contributed by atoms with Crippen LogP contribution in [0.2, 0.25) is 0 Å². The number of likely N-dealkylation sites (N-methyl/N-ethyl adjacent to an activating group) is 2. The Balaban J connectivity index is 3.31. The minimum Gasteiger partial charge on any atom is -0.311 e. The molecule has 0 aromatic heterocycles. The second kappa shape index (κ2) is 7.24. The summed E-state index contributed by atoms with van der Waals surface area (Å²) in [4.78, 5) is 2.58. The highest BCUT2D eigenvalue weighted by Gasteiger charge is 2.37. The van der Waals surface area contributed by atoms with E-state index in [1.54, 1.807) is 0 Å². The van der Waals surface area contributed by atoms with Crippen LogP contribution < -0.4 is 5.32 Å². The molecule has 1 N–H and O–H groups in total. The minimum atomic E-state index is 0.136. The lowest BCUT2D eigenvalue weighted by Crippen LogP contribution is -2.53. The monoisotopic (exact) mass is 276 g/mol. The number of hydrogen-bond donors (Lipinski definition) is 1. The third-order valence-corrected chi connectivity index (χ3v) is 4.86. The predicted molar refractivity (Wildman–Crippen MR) is 89.3 cm³/mol. The molecule has 0 saturated heterocycles. The summed E-state index contributed by atoms with van der Waals surface area (Å²) in [5.41, 5.74) is 4.28. The second-order valence-electron chi connectivity index (χ2n) is 5.96. The van der Waals surface area contributed by atoms with E-state index >= 15 is 0 Å². The fraction of sp³-hybridized carbons (Fsp3) is 0.667. The Kier molecular flexibility index (Phi) is 6.22. The topological polar surface area (TPSA) is 15.3 Å². The third kappa shape index (κ3) is 3.24. The zero-order chi connectivity index (χ0) is 15.3. The average Bonchev–Trinajstić information content (AvgIpc) is 2.44. The summed E-state index contributed by atoms with van der Waals surface area (Å²) in [5, 5.41) is 3.59. The van der Waals surface area contributed by atoms with Crippen LogP contribution in [0.15, 0.2) is 18.2 Å². The van der Waals surface area contributed by atoms with Crippen LogP contribution in [0.4, 0.5) is 0 Å². The molecule has 2 unspecified atom stereocenters. The highest BCUT2D eigenvalue weighted by Crippen LogP contribution is 2.35. The molecule has 0 bridgehead atoms. The van der Waals surface area contributed by atoms with Gasteiger partial charge in [-0.25, -0.2) is 0 Å². The maximum atomic E-state index is 3.59. The molecule has 0 saturated carbocycles. The van der Waals surface area contributed by atoms with Crippen molar-refractivity contribution in [2.75, 3.05) is 20.1 Å². The Hall–Kier alpha value is -0.860. The smallest absolute Gasteiger partial charge is 0.0504 e. The van der Waals surface area contributed by atoms with Gasteiger partial charge in [-0.3, -0.25) is 4.90 Å². The second-order valence-corrected chi connectivity index (χ2v) is 5.96. The first kappa shape index (κ1) is 17.2. The fourth-order valence-electron chi connectivity index (χ4n) is 3.43. The Morgan fingerprint density at radius 2 is 1.75 bits per heavy atom. The number of nitrogens with zero attached hydrogens (tertiary/aromatic N) is 1. The summed E-state index contributed by atoms with van der Waals surface area (Å²) in [6.45, 7) is 15.8. The number of benzene rings is 1. The zero-order valence-corrected chi connectivity index (χ0v) is 14.4. The van der Waals surface area contributed by atoms with Crippen molar-refractivity contribution in [3.8, 4) is 0 Å². The van der Waals surface area contributed by atoms with E-state index in [-0.39, 0.29) is 5.54 Å². The van der Waals surface area contributed by atoms with E-state index in [9.17, 15) is 0 Å². The molecule has 1 aromatic rings. The number of rotatable bonds is 7. The van der Waals surface area contributed by atoms with Gasteiger partial charge >= 0.3 is 0 Å². The van der Waals surface area contributed by atoms with Crippen molar-refractivity contribution >= 4 is 0 Å². The van der Waals surface area contributed by atoms with E-state index in [2.05, 4.69) is 77.0 Å². The van der Waals surface area contributed by atoms with Crippen LogP contribution in [0.25, 0.3) is 0 Å². The van der Waals surface area contributed by atoms with Gasteiger partial charge in [-0.15, -0.1) is 0 Å². The normalized spacial score (nSPS) is 16.2. The lowest BCUT2D eigenvalue weighted by Gasteiger charge is -2.46. The molecule has 1 aromatic carbocycles. The van der Waals surface area contributed by atoms with Crippen molar-refractivity contribution in [1.82, 2.24) is 10.2 Å². The quantitative estimate of drug-likeness (QED) is 0.807. The molecule has 20 heavy (non-hydrogen) atoms. The van der Waals surface area contributed by atoms with Crippen LogP contribution in [0, 0.1) is 13.8 Å². The first-order valence-corrected chi connectivity index (χ1v) is 7.93. The summed E-state index contributed by atoms with van der Waals surface area (Å²) >= 11 is 0. The van der Waals surface area contributed by atoms with Crippen molar-refractivity contribution in [3.05, 3.63) is 34.9 Å². The van der Waals surface area contributed by atoms with E-state index in [1.165, 1.54) is 16.7 Å². The number of aryl methyl sites for hydroxylation is 2. The van der Waals surface area contributed by atoms with Gasteiger partial charge in [-0.1, -0.05) is 44.5 Å². The standard InChI is InChI=1S/C18H32N2/c1-8-18(6,20(9-2)10-3)17(19-7)16-13-14(4)11-12-15(16)5/h11-13,17,19H,8-10H2,1-7H3. The Morgan fingerprint density at radius 1 is 1.15 bits per heavy atom. The molecule has 1 rings (SSSR count). The maximum Gasteiger partial charge on any atom is 0.0504 e. The number of nitrogens with one attached hydrogen (secondary N) is 1. The van der Waals surface area contributed by atoms with Gasteiger partial charge in [0.2, 0.25) is 0 Å². The van der Waals surface area contributed by atoms with Crippen molar-refractivity contribution < 1.29 is 0 Å². The van der Waals surface area contributed by atoms with Crippen LogP contribution in [0.5, 0.6) is 0 Å². The summed E-state index contributed by atoms with van der Waals surface area (Å²) in [6, 6.07) is 7.14. The Morgan fingerprint density at radius 3 is 2.20 bits per heavy atom. The van der Waals surface area contributed by atoms with Crippen molar-refractivity contribution in [2.45, 2.75) is 59.5 Å². The summed E-state index contributed by atoms with van der Waals surface area (Å²) in [6.07, 6.45) is 1.13. The SMILES string of the molecule is CCN(CC)C(C)(CC)C(NC)c1cc(C)ccc1C. The molecule has 0 aliphatic heterocycles. The van der Waals surface area contributed by atoms with E-state index in [1.807, 2.05) is 0 Å². The summed E-state index contributed by atoms with van der Waals surface area (Å²) in [7, 11) is 2.09. The molecule has 0 spiro atoms. The molecule has 0 amide bonds. The first-order valence-electron chi connectivity index (χ1n) is 7.93. The third-order valence-electron chi connectivity index (χ3n) is 4.86.